The molecule has 0 radical (unpaired) electrons. The molecule has 2 unspecified atom stereocenters. The third kappa shape index (κ3) is 0.802. The summed E-state index contributed by atoms with van der Waals surface area (Å²) >= 11 is 0. The van der Waals surface area contributed by atoms with Crippen molar-refractivity contribution < 1.29 is 13.9 Å². The van der Waals surface area contributed by atoms with Gasteiger partial charge in [-0.05, 0) is 6.42 Å². The predicted molar refractivity (Wildman–Crippen MR) is 29.6 cm³/mol. The first kappa shape index (κ1) is 6.52. The highest BCUT2D eigenvalue weighted by molar-refractivity contribution is 5.83. The van der Waals surface area contributed by atoms with Crippen LogP contribution in [0.3, 0.4) is 0 Å². The summed E-state index contributed by atoms with van der Waals surface area (Å²) in [5.41, 5.74) is -1.64. The maximum absolute atomic E-state index is 12.8. The molecule has 0 saturated heterocycles. The molecule has 0 amide bonds. The van der Waals surface area contributed by atoms with Crippen molar-refractivity contribution >= 4 is 5.97 Å². The fraction of sp³-hybridized carbons (Fsp3) is 0.833. The number of carbonyl (C=O) groups is 1. The van der Waals surface area contributed by atoms with Crippen LogP contribution in [-0.2, 0) is 9.53 Å². The maximum Gasteiger partial charge on any atom is 0.343 e. The van der Waals surface area contributed by atoms with E-state index in [4.69, 9.17) is 0 Å². The number of alkyl halides is 1. The normalized spacial score (nSPS) is 40.1. The second-order valence-corrected chi connectivity index (χ2v) is 2.46. The molecule has 1 saturated carbocycles. The minimum absolute atomic E-state index is 0.148. The average Bonchev–Trinajstić information content (AvgIpc) is 2.41. The van der Waals surface area contributed by atoms with E-state index in [1.165, 1.54) is 7.11 Å². The highest BCUT2D eigenvalue weighted by Gasteiger charge is 2.59. The van der Waals surface area contributed by atoms with E-state index in [1.54, 1.807) is 6.92 Å². The lowest BCUT2D eigenvalue weighted by Gasteiger charge is -2.00. The van der Waals surface area contributed by atoms with Crippen LogP contribution < -0.4 is 0 Å². The van der Waals surface area contributed by atoms with Crippen LogP contribution in [-0.4, -0.2) is 18.7 Å². The lowest BCUT2D eigenvalue weighted by Crippen LogP contribution is -2.20. The van der Waals surface area contributed by atoms with E-state index in [1.807, 2.05) is 0 Å². The van der Waals surface area contributed by atoms with Crippen molar-refractivity contribution in [3.63, 3.8) is 0 Å². The van der Waals surface area contributed by atoms with Gasteiger partial charge < -0.3 is 4.74 Å². The second-order valence-electron chi connectivity index (χ2n) is 2.46. The number of halogens is 1. The van der Waals surface area contributed by atoms with Gasteiger partial charge in [0.25, 0.3) is 0 Å². The molecular formula is C6H9FO2. The van der Waals surface area contributed by atoms with E-state index in [0.717, 1.165) is 0 Å². The van der Waals surface area contributed by atoms with Gasteiger partial charge in [-0.3, -0.25) is 0 Å². The van der Waals surface area contributed by atoms with E-state index >= 15 is 0 Å². The van der Waals surface area contributed by atoms with Gasteiger partial charge in [0.15, 0.2) is 0 Å². The maximum atomic E-state index is 12.8. The first-order valence-electron chi connectivity index (χ1n) is 2.88. The summed E-state index contributed by atoms with van der Waals surface area (Å²) in [5.74, 6) is -0.875. The zero-order valence-electron chi connectivity index (χ0n) is 5.48. The molecule has 1 aliphatic carbocycles. The van der Waals surface area contributed by atoms with Gasteiger partial charge >= 0.3 is 5.97 Å². The van der Waals surface area contributed by atoms with Crippen molar-refractivity contribution in [1.29, 1.82) is 0 Å². The number of ether oxygens (including phenoxy) is 1. The standard InChI is InChI=1S/C6H9FO2/c1-4-3-6(4,7)5(8)9-2/h4H,3H2,1-2H3. The lowest BCUT2D eigenvalue weighted by atomic mass is 10.3. The second kappa shape index (κ2) is 1.69. The summed E-state index contributed by atoms with van der Waals surface area (Å²) in [6, 6.07) is 0. The van der Waals surface area contributed by atoms with Gasteiger partial charge in [-0.2, -0.15) is 0 Å². The number of carbonyl (C=O) groups excluding carboxylic acids is 1. The Kier molecular flexibility index (Phi) is 1.22. The number of hydrogen-bond acceptors (Lipinski definition) is 2. The van der Waals surface area contributed by atoms with Crippen molar-refractivity contribution in [3.05, 3.63) is 0 Å². The molecule has 2 nitrogen and oxygen atoms in total. The van der Waals surface area contributed by atoms with E-state index in [2.05, 4.69) is 4.74 Å². The number of esters is 1. The Morgan fingerprint density at radius 3 is 2.44 bits per heavy atom. The molecular weight excluding hydrogens is 123 g/mol. The number of methoxy groups -OCH3 is 1. The van der Waals surface area contributed by atoms with Gasteiger partial charge in [0, 0.05) is 5.92 Å². The first-order chi connectivity index (χ1) is 4.11. The molecule has 1 rings (SSSR count). The van der Waals surface area contributed by atoms with Crippen molar-refractivity contribution in [2.45, 2.75) is 19.0 Å². The van der Waals surface area contributed by atoms with Gasteiger partial charge in [-0.25, -0.2) is 9.18 Å². The first-order valence-corrected chi connectivity index (χ1v) is 2.88. The smallest absolute Gasteiger partial charge is 0.343 e. The van der Waals surface area contributed by atoms with Crippen molar-refractivity contribution in [3.8, 4) is 0 Å². The summed E-state index contributed by atoms with van der Waals surface area (Å²) in [6.45, 7) is 1.69. The molecule has 0 aromatic carbocycles. The van der Waals surface area contributed by atoms with Crippen molar-refractivity contribution in [2.75, 3.05) is 7.11 Å². The molecule has 2 atom stereocenters. The molecule has 3 heteroatoms. The Labute approximate surface area is 53.0 Å². The fourth-order valence-electron chi connectivity index (χ4n) is 0.841. The zero-order valence-corrected chi connectivity index (χ0v) is 5.48. The average molecular weight is 132 g/mol. The van der Waals surface area contributed by atoms with Crippen LogP contribution in [0.4, 0.5) is 4.39 Å². The van der Waals surface area contributed by atoms with Crippen molar-refractivity contribution in [2.24, 2.45) is 5.92 Å². The molecule has 0 N–H and O–H groups in total. The van der Waals surface area contributed by atoms with Crippen molar-refractivity contribution in [1.82, 2.24) is 0 Å². The molecule has 9 heavy (non-hydrogen) atoms. The third-order valence-electron chi connectivity index (χ3n) is 1.75. The number of rotatable bonds is 1. The van der Waals surface area contributed by atoms with E-state index in [9.17, 15) is 9.18 Å². The van der Waals surface area contributed by atoms with Crippen LogP contribution in [0.5, 0.6) is 0 Å². The Bertz CT molecular complexity index is 146. The van der Waals surface area contributed by atoms with Crippen LogP contribution in [0.1, 0.15) is 13.3 Å². The van der Waals surface area contributed by atoms with Gasteiger partial charge in [0.2, 0.25) is 5.67 Å². The van der Waals surface area contributed by atoms with Gasteiger partial charge in [0.05, 0.1) is 7.11 Å². The topological polar surface area (TPSA) is 26.3 Å². The van der Waals surface area contributed by atoms with E-state index in [-0.39, 0.29) is 5.92 Å². The monoisotopic (exact) mass is 132 g/mol. The molecule has 1 aliphatic rings. The van der Waals surface area contributed by atoms with Gasteiger partial charge in [-0.1, -0.05) is 6.92 Å². The molecule has 0 aliphatic heterocycles. The SMILES string of the molecule is COC(=O)C1(F)CC1C. The fourth-order valence-corrected chi connectivity index (χ4v) is 0.841. The van der Waals surface area contributed by atoms with Gasteiger partial charge in [0.1, 0.15) is 0 Å². The molecule has 1 fully saturated rings. The van der Waals surface area contributed by atoms with E-state index < -0.39 is 11.6 Å². The van der Waals surface area contributed by atoms with Crippen LogP contribution in [0.15, 0.2) is 0 Å². The molecule has 0 aromatic rings. The summed E-state index contributed by atoms with van der Waals surface area (Å²) in [7, 11) is 1.20. The highest BCUT2D eigenvalue weighted by Crippen LogP contribution is 2.47. The Morgan fingerprint density at radius 2 is 2.33 bits per heavy atom. The molecule has 0 aromatic heterocycles. The summed E-state index contributed by atoms with van der Waals surface area (Å²) in [6.07, 6.45) is 0.319. The predicted octanol–water partition coefficient (Wildman–Crippen LogP) is 0.907. The molecule has 0 spiro atoms. The summed E-state index contributed by atoms with van der Waals surface area (Å²) < 4.78 is 17.0. The van der Waals surface area contributed by atoms with Crippen LogP contribution in [0, 0.1) is 5.92 Å². The minimum Gasteiger partial charge on any atom is -0.467 e. The molecule has 0 heterocycles. The molecule has 52 valence electrons. The largest absolute Gasteiger partial charge is 0.467 e. The van der Waals surface area contributed by atoms with Crippen LogP contribution in [0.25, 0.3) is 0 Å². The Balaban J connectivity index is 2.53. The Hall–Kier alpha value is -0.600. The minimum atomic E-state index is -1.64. The van der Waals surface area contributed by atoms with Gasteiger partial charge in [-0.15, -0.1) is 0 Å². The number of hydrogen-bond donors (Lipinski definition) is 0. The quantitative estimate of drug-likeness (QED) is 0.495. The third-order valence-corrected chi connectivity index (χ3v) is 1.75. The summed E-state index contributed by atoms with van der Waals surface area (Å²) in [5, 5.41) is 0. The van der Waals surface area contributed by atoms with Crippen LogP contribution in [0.2, 0.25) is 0 Å². The summed E-state index contributed by atoms with van der Waals surface area (Å²) in [4.78, 5) is 10.5. The van der Waals surface area contributed by atoms with E-state index in [0.29, 0.717) is 6.42 Å². The lowest BCUT2D eigenvalue weighted by molar-refractivity contribution is -0.148. The van der Waals surface area contributed by atoms with Crippen LogP contribution >= 0.6 is 0 Å². The Morgan fingerprint density at radius 1 is 1.89 bits per heavy atom. The highest BCUT2D eigenvalue weighted by atomic mass is 19.1. The zero-order chi connectivity index (χ0) is 7.07. The molecule has 0 bridgehead atoms.